The van der Waals surface area contributed by atoms with Gasteiger partial charge in [-0.05, 0) is 70.3 Å². The molecule has 0 bridgehead atoms. The largest absolute Gasteiger partial charge is 0.445 e. The van der Waals surface area contributed by atoms with E-state index in [0.717, 1.165) is 57.2 Å². The highest BCUT2D eigenvalue weighted by atomic mass is 16.6. The van der Waals surface area contributed by atoms with Crippen LogP contribution in [0.15, 0.2) is 30.3 Å². The predicted molar refractivity (Wildman–Crippen MR) is 121 cm³/mol. The lowest BCUT2D eigenvalue weighted by molar-refractivity contribution is 0.0449. The molecule has 1 N–H and O–H groups in total. The first kappa shape index (κ1) is 23.4. The zero-order chi connectivity index (χ0) is 22.3. The number of benzene rings is 1. The summed E-state index contributed by atoms with van der Waals surface area (Å²) in [6.45, 7) is 7.47. The molecule has 1 aromatic carbocycles. The van der Waals surface area contributed by atoms with E-state index < -0.39 is 5.60 Å². The lowest BCUT2D eigenvalue weighted by Gasteiger charge is -2.38. The maximum Gasteiger partial charge on any atom is 0.410 e. The van der Waals surface area contributed by atoms with Gasteiger partial charge >= 0.3 is 12.2 Å². The van der Waals surface area contributed by atoms with E-state index >= 15 is 0 Å². The van der Waals surface area contributed by atoms with Crippen LogP contribution in [-0.4, -0.2) is 41.8 Å². The highest BCUT2D eigenvalue weighted by molar-refractivity contribution is 5.68. The number of likely N-dealkylation sites (tertiary alicyclic amines) is 1. The summed E-state index contributed by atoms with van der Waals surface area (Å²) in [7, 11) is 0. The first-order valence-electron chi connectivity index (χ1n) is 11.8. The van der Waals surface area contributed by atoms with E-state index in [0.29, 0.717) is 18.4 Å². The van der Waals surface area contributed by atoms with Crippen LogP contribution in [-0.2, 0) is 16.1 Å². The minimum Gasteiger partial charge on any atom is -0.445 e. The van der Waals surface area contributed by atoms with Gasteiger partial charge in [-0.25, -0.2) is 9.59 Å². The molecule has 1 aliphatic heterocycles. The Hall–Kier alpha value is -2.24. The molecule has 1 aliphatic carbocycles. The van der Waals surface area contributed by atoms with E-state index in [-0.39, 0.29) is 18.2 Å². The van der Waals surface area contributed by atoms with Gasteiger partial charge in [0.25, 0.3) is 0 Å². The number of carbonyl (C=O) groups excluding carboxylic acids is 2. The third kappa shape index (κ3) is 7.75. The van der Waals surface area contributed by atoms with Crippen LogP contribution < -0.4 is 5.32 Å². The normalized spacial score (nSPS) is 24.4. The molecule has 2 aliphatic rings. The zero-order valence-corrected chi connectivity index (χ0v) is 19.3. The van der Waals surface area contributed by atoms with E-state index in [1.807, 2.05) is 56.0 Å². The molecule has 172 valence electrons. The molecule has 3 atom stereocenters. The van der Waals surface area contributed by atoms with Gasteiger partial charge in [0.05, 0.1) is 0 Å². The van der Waals surface area contributed by atoms with Crippen LogP contribution in [0.5, 0.6) is 0 Å². The maximum absolute atomic E-state index is 12.6. The standard InChI is InChI=1S/C25H38N2O4/c1-25(2,3)31-23(28)26-22-14-8-7-13-21(22)16-20-12-9-15-27(17-20)24(29)30-18-19-10-5-4-6-11-19/h4-6,10-11,20-22H,7-9,12-18H2,1-3H3,(H,26,28)/t20?,21-,22+/m0/s1. The van der Waals surface area contributed by atoms with Crippen molar-refractivity contribution in [3.63, 3.8) is 0 Å². The van der Waals surface area contributed by atoms with Gasteiger partial charge in [-0.2, -0.15) is 0 Å². The number of alkyl carbamates (subject to hydrolysis) is 1. The van der Waals surface area contributed by atoms with Crippen LogP contribution in [0.3, 0.4) is 0 Å². The number of piperidine rings is 1. The van der Waals surface area contributed by atoms with Gasteiger partial charge in [0, 0.05) is 19.1 Å². The number of ether oxygens (including phenoxy) is 2. The van der Waals surface area contributed by atoms with Gasteiger partial charge in [-0.15, -0.1) is 0 Å². The molecule has 1 aromatic rings. The zero-order valence-electron chi connectivity index (χ0n) is 19.3. The molecule has 31 heavy (non-hydrogen) atoms. The van der Waals surface area contributed by atoms with Crippen molar-refractivity contribution in [2.75, 3.05) is 13.1 Å². The lowest BCUT2D eigenvalue weighted by Crippen LogP contribution is -2.46. The first-order chi connectivity index (χ1) is 14.8. The third-order valence-electron chi connectivity index (χ3n) is 6.23. The predicted octanol–water partition coefficient (Wildman–Crippen LogP) is 5.51. The van der Waals surface area contributed by atoms with Crippen molar-refractivity contribution in [1.82, 2.24) is 10.2 Å². The molecule has 0 aromatic heterocycles. The Labute approximate surface area is 186 Å². The Morgan fingerprint density at radius 2 is 1.81 bits per heavy atom. The number of hydrogen-bond acceptors (Lipinski definition) is 4. The fourth-order valence-corrected chi connectivity index (χ4v) is 4.80. The van der Waals surface area contributed by atoms with E-state index in [4.69, 9.17) is 9.47 Å². The number of amides is 2. The minimum absolute atomic E-state index is 0.156. The third-order valence-corrected chi connectivity index (χ3v) is 6.23. The second-order valence-electron chi connectivity index (χ2n) is 10.0. The summed E-state index contributed by atoms with van der Waals surface area (Å²) >= 11 is 0. The van der Waals surface area contributed by atoms with E-state index in [1.165, 1.54) is 6.42 Å². The van der Waals surface area contributed by atoms with Crippen molar-refractivity contribution < 1.29 is 19.1 Å². The second kappa shape index (κ2) is 10.9. The van der Waals surface area contributed by atoms with Crippen molar-refractivity contribution in [2.45, 2.75) is 84.0 Å². The summed E-state index contributed by atoms with van der Waals surface area (Å²) in [5.41, 5.74) is 0.515. The molecule has 0 radical (unpaired) electrons. The average molecular weight is 431 g/mol. The van der Waals surface area contributed by atoms with Gasteiger partial charge in [0.1, 0.15) is 12.2 Å². The summed E-state index contributed by atoms with van der Waals surface area (Å²) < 4.78 is 11.0. The van der Waals surface area contributed by atoms with Gasteiger partial charge in [-0.1, -0.05) is 43.2 Å². The van der Waals surface area contributed by atoms with Crippen LogP contribution in [0.25, 0.3) is 0 Å². The monoisotopic (exact) mass is 430 g/mol. The molecule has 0 spiro atoms. The number of rotatable bonds is 5. The quantitative estimate of drug-likeness (QED) is 0.669. The molecule has 1 unspecified atom stereocenters. The maximum atomic E-state index is 12.6. The molecule has 3 rings (SSSR count). The van der Waals surface area contributed by atoms with Gasteiger partial charge in [0.15, 0.2) is 0 Å². The Morgan fingerprint density at radius 3 is 2.55 bits per heavy atom. The highest BCUT2D eigenvalue weighted by Gasteiger charge is 2.32. The topological polar surface area (TPSA) is 67.9 Å². The van der Waals surface area contributed by atoms with Crippen molar-refractivity contribution >= 4 is 12.2 Å². The number of hydrogen-bond donors (Lipinski definition) is 1. The second-order valence-corrected chi connectivity index (χ2v) is 10.0. The number of carbonyl (C=O) groups is 2. The molecular formula is C25H38N2O4. The van der Waals surface area contributed by atoms with Crippen LogP contribution in [0.2, 0.25) is 0 Å². The lowest BCUT2D eigenvalue weighted by atomic mass is 9.77. The van der Waals surface area contributed by atoms with Crippen LogP contribution >= 0.6 is 0 Å². The van der Waals surface area contributed by atoms with Crippen molar-refractivity contribution in [3.8, 4) is 0 Å². The smallest absolute Gasteiger partial charge is 0.410 e. The van der Waals surface area contributed by atoms with Crippen molar-refractivity contribution in [3.05, 3.63) is 35.9 Å². The Bertz CT molecular complexity index is 716. The number of nitrogens with one attached hydrogen (secondary N) is 1. The summed E-state index contributed by atoms with van der Waals surface area (Å²) in [5.74, 6) is 0.885. The summed E-state index contributed by atoms with van der Waals surface area (Å²) in [5, 5.41) is 3.12. The fraction of sp³-hybridized carbons (Fsp3) is 0.680. The van der Waals surface area contributed by atoms with Gasteiger partial charge < -0.3 is 19.7 Å². The van der Waals surface area contributed by atoms with Crippen LogP contribution in [0, 0.1) is 11.8 Å². The Balaban J connectivity index is 1.49. The van der Waals surface area contributed by atoms with Crippen molar-refractivity contribution in [1.29, 1.82) is 0 Å². The van der Waals surface area contributed by atoms with Crippen LogP contribution in [0.1, 0.15) is 71.3 Å². The van der Waals surface area contributed by atoms with Crippen molar-refractivity contribution in [2.24, 2.45) is 11.8 Å². The van der Waals surface area contributed by atoms with Gasteiger partial charge in [0.2, 0.25) is 0 Å². The molecule has 1 saturated carbocycles. The molecule has 1 saturated heterocycles. The summed E-state index contributed by atoms with van der Waals surface area (Å²) in [6, 6.07) is 9.94. The van der Waals surface area contributed by atoms with Crippen LogP contribution in [0.4, 0.5) is 9.59 Å². The highest BCUT2D eigenvalue weighted by Crippen LogP contribution is 2.33. The summed E-state index contributed by atoms with van der Waals surface area (Å²) in [6.07, 6.45) is 7.07. The molecule has 2 fully saturated rings. The molecule has 2 amide bonds. The number of nitrogens with zero attached hydrogens (tertiary/aromatic N) is 1. The molecule has 6 heteroatoms. The fourth-order valence-electron chi connectivity index (χ4n) is 4.80. The van der Waals surface area contributed by atoms with E-state index in [9.17, 15) is 9.59 Å². The Morgan fingerprint density at radius 1 is 1.06 bits per heavy atom. The molecule has 1 heterocycles. The van der Waals surface area contributed by atoms with E-state index in [2.05, 4.69) is 5.32 Å². The molecule has 6 nitrogen and oxygen atoms in total. The summed E-state index contributed by atoms with van der Waals surface area (Å²) in [4.78, 5) is 26.7. The van der Waals surface area contributed by atoms with Gasteiger partial charge in [-0.3, -0.25) is 0 Å². The SMILES string of the molecule is CC(C)(C)OC(=O)N[C@@H]1CCCC[C@H]1CC1CCCN(C(=O)OCc2ccccc2)C1. The molecular weight excluding hydrogens is 392 g/mol. The minimum atomic E-state index is -0.488. The average Bonchev–Trinajstić information content (AvgIpc) is 2.73. The van der Waals surface area contributed by atoms with E-state index in [1.54, 1.807) is 0 Å². The Kier molecular flexibility index (Phi) is 8.22. The first-order valence-corrected chi connectivity index (χ1v) is 11.8.